The van der Waals surface area contributed by atoms with Crippen molar-refractivity contribution in [3.63, 3.8) is 0 Å². The van der Waals surface area contributed by atoms with Crippen molar-refractivity contribution in [3.8, 4) is 0 Å². The largest absolute Gasteiger partial charge is 0.462 e. The van der Waals surface area contributed by atoms with E-state index in [1.807, 2.05) is 17.5 Å². The molecule has 1 heterocycles. The molecule has 0 aromatic carbocycles. The van der Waals surface area contributed by atoms with Gasteiger partial charge in [-0.1, -0.05) is 44.2 Å². The molecule has 0 amide bonds. The monoisotopic (exact) mass is 280 g/mol. The second-order valence-corrected chi connectivity index (χ2v) is 5.61. The average Bonchev–Trinajstić information content (AvgIpc) is 2.95. The normalized spacial score (nSPS) is 10.3. The molecule has 0 bridgehead atoms. The van der Waals surface area contributed by atoms with Crippen molar-refractivity contribution < 1.29 is 9.53 Å². The predicted molar refractivity (Wildman–Crippen MR) is 81.7 cm³/mol. The Morgan fingerprint density at radius 1 is 1.16 bits per heavy atom. The molecule has 1 aromatic heterocycles. The number of hydrogen-bond donors (Lipinski definition) is 0. The van der Waals surface area contributed by atoms with E-state index in [1.54, 1.807) is 6.07 Å². The summed E-state index contributed by atoms with van der Waals surface area (Å²) >= 11 is 1.43. The van der Waals surface area contributed by atoms with Crippen molar-refractivity contribution >= 4 is 17.3 Å². The van der Waals surface area contributed by atoms with E-state index in [0.29, 0.717) is 11.5 Å². The van der Waals surface area contributed by atoms with Gasteiger partial charge in [-0.25, -0.2) is 4.79 Å². The van der Waals surface area contributed by atoms with Crippen molar-refractivity contribution in [2.45, 2.75) is 51.4 Å². The highest BCUT2D eigenvalue weighted by molar-refractivity contribution is 7.11. The molecule has 106 valence electrons. The van der Waals surface area contributed by atoms with E-state index in [-0.39, 0.29) is 5.97 Å². The van der Waals surface area contributed by atoms with Gasteiger partial charge in [0.05, 0.1) is 6.61 Å². The first-order valence-corrected chi connectivity index (χ1v) is 8.04. The highest BCUT2D eigenvalue weighted by Crippen LogP contribution is 2.11. The summed E-state index contributed by atoms with van der Waals surface area (Å²) in [4.78, 5) is 12.2. The highest BCUT2D eigenvalue weighted by atomic mass is 32.1. The van der Waals surface area contributed by atoms with Crippen LogP contribution in [0.4, 0.5) is 0 Å². The van der Waals surface area contributed by atoms with Gasteiger partial charge in [0.2, 0.25) is 0 Å². The summed E-state index contributed by atoms with van der Waals surface area (Å²) in [5.41, 5.74) is 0. The molecule has 0 aliphatic rings. The summed E-state index contributed by atoms with van der Waals surface area (Å²) in [6, 6.07) is 3.67. The first kappa shape index (κ1) is 16.0. The Bertz CT molecular complexity index is 344. The van der Waals surface area contributed by atoms with Gasteiger partial charge >= 0.3 is 5.97 Å². The van der Waals surface area contributed by atoms with E-state index in [0.717, 1.165) is 19.3 Å². The molecular formula is C16H24O2S. The zero-order valence-corrected chi connectivity index (χ0v) is 12.4. The molecular weight excluding hydrogens is 256 g/mol. The number of rotatable bonds is 11. The molecule has 0 saturated heterocycles. The molecule has 1 rings (SSSR count). The summed E-state index contributed by atoms with van der Waals surface area (Å²) in [5, 5.41) is 1.89. The number of thiophene rings is 1. The lowest BCUT2D eigenvalue weighted by molar-refractivity contribution is 0.0503. The first-order valence-electron chi connectivity index (χ1n) is 7.16. The van der Waals surface area contributed by atoms with Gasteiger partial charge in [0.1, 0.15) is 4.88 Å². The lowest BCUT2D eigenvalue weighted by Crippen LogP contribution is -2.04. The van der Waals surface area contributed by atoms with E-state index >= 15 is 0 Å². The smallest absolute Gasteiger partial charge is 0.348 e. The van der Waals surface area contributed by atoms with Gasteiger partial charge in [-0.2, -0.15) is 0 Å². The van der Waals surface area contributed by atoms with Crippen molar-refractivity contribution in [3.05, 3.63) is 35.0 Å². The Morgan fingerprint density at radius 3 is 2.47 bits per heavy atom. The predicted octanol–water partition coefficient (Wildman–Crippen LogP) is 5.21. The van der Waals surface area contributed by atoms with E-state index in [4.69, 9.17) is 4.74 Å². The van der Waals surface area contributed by atoms with Crippen LogP contribution in [0.15, 0.2) is 30.2 Å². The standard InChI is InChI=1S/C16H24O2S/c1-2-3-4-5-6-7-8-9-10-13-18-16(17)15-12-11-14-19-15/h2,11-12,14H,1,3-10,13H2. The molecule has 0 N–H and O–H groups in total. The Labute approximate surface area is 120 Å². The number of allylic oxidation sites excluding steroid dienone is 1. The van der Waals surface area contributed by atoms with Gasteiger partial charge in [0.15, 0.2) is 0 Å². The number of carbonyl (C=O) groups excluding carboxylic acids is 1. The molecule has 0 atom stereocenters. The summed E-state index contributed by atoms with van der Waals surface area (Å²) in [5.74, 6) is -0.181. The van der Waals surface area contributed by atoms with Crippen LogP contribution in [0.2, 0.25) is 0 Å². The molecule has 2 nitrogen and oxygen atoms in total. The summed E-state index contributed by atoms with van der Waals surface area (Å²) < 4.78 is 5.21. The fourth-order valence-corrected chi connectivity index (χ4v) is 2.52. The summed E-state index contributed by atoms with van der Waals surface area (Å²) in [6.07, 6.45) is 11.7. The molecule has 0 unspecified atom stereocenters. The van der Waals surface area contributed by atoms with Gasteiger partial charge < -0.3 is 4.74 Å². The second kappa shape index (κ2) is 10.8. The molecule has 0 saturated carbocycles. The third-order valence-corrected chi connectivity index (χ3v) is 3.86. The van der Waals surface area contributed by atoms with Crippen LogP contribution in [-0.2, 0) is 4.74 Å². The number of carbonyl (C=O) groups is 1. The maximum atomic E-state index is 11.5. The van der Waals surface area contributed by atoms with E-state index in [9.17, 15) is 4.79 Å². The Kier molecular flexibility index (Phi) is 9.07. The average molecular weight is 280 g/mol. The molecule has 0 spiro atoms. The minimum atomic E-state index is -0.181. The summed E-state index contributed by atoms with van der Waals surface area (Å²) in [7, 11) is 0. The van der Waals surface area contributed by atoms with Gasteiger partial charge in [-0.05, 0) is 30.7 Å². The minimum absolute atomic E-state index is 0.181. The molecule has 19 heavy (non-hydrogen) atoms. The zero-order chi connectivity index (χ0) is 13.8. The number of ether oxygens (including phenoxy) is 1. The molecule has 0 aliphatic heterocycles. The van der Waals surface area contributed by atoms with Crippen LogP contribution < -0.4 is 0 Å². The van der Waals surface area contributed by atoms with Gasteiger partial charge in [0, 0.05) is 0 Å². The fraction of sp³-hybridized carbons (Fsp3) is 0.562. The molecule has 0 aliphatic carbocycles. The van der Waals surface area contributed by atoms with Crippen LogP contribution in [0.1, 0.15) is 61.0 Å². The van der Waals surface area contributed by atoms with E-state index in [2.05, 4.69) is 6.58 Å². The van der Waals surface area contributed by atoms with Crippen LogP contribution in [-0.4, -0.2) is 12.6 Å². The third-order valence-electron chi connectivity index (χ3n) is 3.01. The number of hydrogen-bond acceptors (Lipinski definition) is 3. The Balaban J connectivity index is 1.86. The van der Waals surface area contributed by atoms with Crippen LogP contribution in [0.5, 0.6) is 0 Å². The molecule has 0 radical (unpaired) electrons. The minimum Gasteiger partial charge on any atom is -0.462 e. The molecule has 1 aromatic rings. The Hall–Kier alpha value is -1.09. The van der Waals surface area contributed by atoms with E-state index in [1.165, 1.54) is 43.4 Å². The van der Waals surface area contributed by atoms with Crippen LogP contribution in [0.3, 0.4) is 0 Å². The number of esters is 1. The SMILES string of the molecule is C=CCCCCCCCCCOC(=O)c1cccs1. The number of unbranched alkanes of at least 4 members (excludes halogenated alkanes) is 7. The first-order chi connectivity index (χ1) is 9.34. The van der Waals surface area contributed by atoms with Gasteiger partial charge in [-0.15, -0.1) is 17.9 Å². The molecule has 3 heteroatoms. The van der Waals surface area contributed by atoms with Crippen LogP contribution >= 0.6 is 11.3 Å². The van der Waals surface area contributed by atoms with Crippen molar-refractivity contribution in [2.24, 2.45) is 0 Å². The maximum Gasteiger partial charge on any atom is 0.348 e. The quantitative estimate of drug-likeness (QED) is 0.316. The topological polar surface area (TPSA) is 26.3 Å². The highest BCUT2D eigenvalue weighted by Gasteiger charge is 2.06. The Morgan fingerprint density at radius 2 is 1.84 bits per heavy atom. The van der Waals surface area contributed by atoms with Crippen LogP contribution in [0, 0.1) is 0 Å². The maximum absolute atomic E-state index is 11.5. The van der Waals surface area contributed by atoms with Crippen molar-refractivity contribution in [1.82, 2.24) is 0 Å². The van der Waals surface area contributed by atoms with E-state index < -0.39 is 0 Å². The zero-order valence-electron chi connectivity index (χ0n) is 11.6. The van der Waals surface area contributed by atoms with Crippen molar-refractivity contribution in [2.75, 3.05) is 6.61 Å². The van der Waals surface area contributed by atoms with Gasteiger partial charge in [-0.3, -0.25) is 0 Å². The summed E-state index contributed by atoms with van der Waals surface area (Å²) in [6.45, 7) is 4.27. The lowest BCUT2D eigenvalue weighted by atomic mass is 10.1. The third kappa shape index (κ3) is 7.83. The van der Waals surface area contributed by atoms with Crippen molar-refractivity contribution in [1.29, 1.82) is 0 Å². The lowest BCUT2D eigenvalue weighted by Gasteiger charge is -2.03. The van der Waals surface area contributed by atoms with Crippen LogP contribution in [0.25, 0.3) is 0 Å². The van der Waals surface area contributed by atoms with Gasteiger partial charge in [0.25, 0.3) is 0 Å². The second-order valence-electron chi connectivity index (χ2n) is 4.67. The fourth-order valence-electron chi connectivity index (χ4n) is 1.91. The molecule has 0 fully saturated rings.